The summed E-state index contributed by atoms with van der Waals surface area (Å²) < 4.78 is 4.99. The molecule has 0 saturated heterocycles. The van der Waals surface area contributed by atoms with E-state index in [9.17, 15) is 4.79 Å². The molecule has 0 aliphatic rings. The van der Waals surface area contributed by atoms with Gasteiger partial charge in [0.05, 0.1) is 0 Å². The zero-order chi connectivity index (χ0) is 10.4. The van der Waals surface area contributed by atoms with Gasteiger partial charge in [-0.1, -0.05) is 13.8 Å². The second-order valence-corrected chi connectivity index (χ2v) is 3.37. The minimum atomic E-state index is -0.388. The Morgan fingerprint density at radius 2 is 1.50 bits per heavy atom. The molecule has 0 unspecified atom stereocenters. The van der Waals surface area contributed by atoms with E-state index in [1.165, 1.54) is 4.90 Å². The van der Waals surface area contributed by atoms with Crippen LogP contribution >= 0.6 is 0 Å². The Morgan fingerprint density at radius 3 is 1.58 bits per heavy atom. The number of hydrogen-bond donors (Lipinski definition) is 0. The minimum Gasteiger partial charge on any atom is -0.444 e. The molecule has 0 fully saturated rings. The first kappa shape index (κ1) is 13.8. The Hall–Kier alpha value is -0.730. The summed E-state index contributed by atoms with van der Waals surface area (Å²) in [5.41, 5.74) is -0.388. The first-order valence-electron chi connectivity index (χ1n) is 4.23. The summed E-state index contributed by atoms with van der Waals surface area (Å²) in [6.07, 6.45) is -0.299. The molecule has 0 N–H and O–H groups in total. The van der Waals surface area contributed by atoms with Crippen LogP contribution in [0.1, 0.15) is 34.6 Å². The second kappa shape index (κ2) is 5.86. The third-order valence-electron chi connectivity index (χ3n) is 0.759. The van der Waals surface area contributed by atoms with Gasteiger partial charge in [-0.05, 0) is 20.8 Å². The highest BCUT2D eigenvalue weighted by Crippen LogP contribution is 2.07. The van der Waals surface area contributed by atoms with Gasteiger partial charge < -0.3 is 9.64 Å². The Morgan fingerprint density at radius 1 is 1.17 bits per heavy atom. The highest BCUT2D eigenvalue weighted by molar-refractivity contribution is 5.67. The van der Waals surface area contributed by atoms with Crippen molar-refractivity contribution in [2.24, 2.45) is 0 Å². The molecule has 3 heteroatoms. The molecule has 0 aromatic heterocycles. The maximum Gasteiger partial charge on any atom is 0.409 e. The fourth-order valence-corrected chi connectivity index (χ4v) is 0.353. The molecule has 0 atom stereocenters. The summed E-state index contributed by atoms with van der Waals surface area (Å²) in [5, 5.41) is 0. The molecule has 1 amide bonds. The standard InChI is InChI=1S/C7H15NO2.C2H6/c1-7(2,3)10-6(9)8(4)5;1-2/h1-5H3;1-2H3. The minimum absolute atomic E-state index is 0.299. The van der Waals surface area contributed by atoms with Gasteiger partial charge in [0.25, 0.3) is 0 Å². The highest BCUT2D eigenvalue weighted by Gasteiger charge is 2.16. The summed E-state index contributed by atoms with van der Waals surface area (Å²) in [5.74, 6) is 0. The van der Waals surface area contributed by atoms with Crippen LogP contribution in [-0.4, -0.2) is 30.7 Å². The van der Waals surface area contributed by atoms with E-state index in [0.717, 1.165) is 0 Å². The van der Waals surface area contributed by atoms with Crippen LogP contribution in [0.5, 0.6) is 0 Å². The van der Waals surface area contributed by atoms with Gasteiger partial charge in [0.15, 0.2) is 0 Å². The zero-order valence-corrected chi connectivity index (χ0v) is 9.26. The van der Waals surface area contributed by atoms with Crippen molar-refractivity contribution in [1.82, 2.24) is 4.90 Å². The van der Waals surface area contributed by atoms with E-state index >= 15 is 0 Å². The Balaban J connectivity index is 0. The van der Waals surface area contributed by atoms with E-state index in [1.807, 2.05) is 34.6 Å². The molecule has 0 rings (SSSR count). The maximum atomic E-state index is 10.9. The summed E-state index contributed by atoms with van der Waals surface area (Å²) in [6.45, 7) is 9.52. The topological polar surface area (TPSA) is 29.5 Å². The van der Waals surface area contributed by atoms with Crippen molar-refractivity contribution in [2.75, 3.05) is 14.1 Å². The molecule has 0 spiro atoms. The molecular formula is C9H21NO2. The first-order valence-corrected chi connectivity index (χ1v) is 4.23. The number of carbonyl (C=O) groups is 1. The first-order chi connectivity index (χ1) is 5.33. The predicted octanol–water partition coefficient (Wildman–Crippen LogP) is 2.51. The van der Waals surface area contributed by atoms with Gasteiger partial charge in [-0.3, -0.25) is 0 Å². The van der Waals surface area contributed by atoms with Crippen molar-refractivity contribution in [3.8, 4) is 0 Å². The molecule has 0 aromatic carbocycles. The van der Waals surface area contributed by atoms with Crippen LogP contribution in [0.25, 0.3) is 0 Å². The molecule has 0 saturated carbocycles. The molecular weight excluding hydrogens is 154 g/mol. The lowest BCUT2D eigenvalue weighted by Gasteiger charge is -2.22. The Labute approximate surface area is 75.7 Å². The lowest BCUT2D eigenvalue weighted by molar-refractivity contribution is 0.0341. The molecule has 0 aromatic rings. The van der Waals surface area contributed by atoms with E-state index in [-0.39, 0.29) is 11.7 Å². The van der Waals surface area contributed by atoms with Crippen LogP contribution in [-0.2, 0) is 4.74 Å². The van der Waals surface area contributed by atoms with Crippen LogP contribution in [0, 0.1) is 0 Å². The van der Waals surface area contributed by atoms with E-state index in [0.29, 0.717) is 0 Å². The van der Waals surface area contributed by atoms with Crippen molar-refractivity contribution >= 4 is 6.09 Å². The van der Waals surface area contributed by atoms with Gasteiger partial charge >= 0.3 is 6.09 Å². The summed E-state index contributed by atoms with van der Waals surface area (Å²) in [6, 6.07) is 0. The average Bonchev–Trinajstić information content (AvgIpc) is 1.88. The third-order valence-corrected chi connectivity index (χ3v) is 0.759. The molecule has 0 radical (unpaired) electrons. The lowest BCUT2D eigenvalue weighted by atomic mass is 10.2. The van der Waals surface area contributed by atoms with Crippen molar-refractivity contribution in [3.63, 3.8) is 0 Å². The summed E-state index contributed by atoms with van der Waals surface area (Å²) >= 11 is 0. The molecule has 0 heterocycles. The summed E-state index contributed by atoms with van der Waals surface area (Å²) in [4.78, 5) is 12.3. The van der Waals surface area contributed by atoms with Crippen LogP contribution in [0.3, 0.4) is 0 Å². The van der Waals surface area contributed by atoms with Crippen LogP contribution < -0.4 is 0 Å². The predicted molar refractivity (Wildman–Crippen MR) is 51.3 cm³/mol. The van der Waals surface area contributed by atoms with Crippen LogP contribution in [0.4, 0.5) is 4.79 Å². The van der Waals surface area contributed by atoms with E-state index < -0.39 is 0 Å². The normalized spacial score (nSPS) is 9.58. The van der Waals surface area contributed by atoms with Crippen LogP contribution in [0.15, 0.2) is 0 Å². The molecule has 0 aliphatic heterocycles. The molecule has 0 bridgehead atoms. The molecule has 12 heavy (non-hydrogen) atoms. The van der Waals surface area contributed by atoms with Gasteiger partial charge in [-0.15, -0.1) is 0 Å². The fourth-order valence-electron chi connectivity index (χ4n) is 0.353. The number of hydrogen-bond acceptors (Lipinski definition) is 2. The van der Waals surface area contributed by atoms with Crippen molar-refractivity contribution in [3.05, 3.63) is 0 Å². The van der Waals surface area contributed by atoms with Crippen molar-refractivity contribution in [1.29, 1.82) is 0 Å². The Kier molecular flexibility index (Phi) is 6.76. The maximum absolute atomic E-state index is 10.9. The lowest BCUT2D eigenvalue weighted by Crippen LogP contribution is -2.31. The van der Waals surface area contributed by atoms with Gasteiger partial charge in [-0.25, -0.2) is 4.79 Å². The largest absolute Gasteiger partial charge is 0.444 e. The number of rotatable bonds is 0. The van der Waals surface area contributed by atoms with Crippen molar-refractivity contribution in [2.45, 2.75) is 40.2 Å². The van der Waals surface area contributed by atoms with Gasteiger partial charge in [0.2, 0.25) is 0 Å². The molecule has 0 aliphatic carbocycles. The smallest absolute Gasteiger partial charge is 0.409 e. The second-order valence-electron chi connectivity index (χ2n) is 3.37. The fraction of sp³-hybridized carbons (Fsp3) is 0.889. The van der Waals surface area contributed by atoms with Crippen molar-refractivity contribution < 1.29 is 9.53 Å². The number of carbonyl (C=O) groups excluding carboxylic acids is 1. The van der Waals surface area contributed by atoms with E-state index in [2.05, 4.69) is 0 Å². The van der Waals surface area contributed by atoms with Gasteiger partial charge in [-0.2, -0.15) is 0 Å². The zero-order valence-electron chi connectivity index (χ0n) is 9.26. The third kappa shape index (κ3) is 9.27. The SMILES string of the molecule is CC.CN(C)C(=O)OC(C)(C)C. The van der Waals surface area contributed by atoms with Crippen LogP contribution in [0.2, 0.25) is 0 Å². The number of amides is 1. The molecule has 3 nitrogen and oxygen atoms in total. The number of ether oxygens (including phenoxy) is 1. The Bertz CT molecular complexity index is 125. The number of nitrogens with zero attached hydrogens (tertiary/aromatic N) is 1. The summed E-state index contributed by atoms with van der Waals surface area (Å²) in [7, 11) is 3.32. The monoisotopic (exact) mass is 175 g/mol. The average molecular weight is 175 g/mol. The van der Waals surface area contributed by atoms with E-state index in [4.69, 9.17) is 4.74 Å². The van der Waals surface area contributed by atoms with Gasteiger partial charge in [0, 0.05) is 14.1 Å². The quantitative estimate of drug-likeness (QED) is 0.566. The van der Waals surface area contributed by atoms with Gasteiger partial charge in [0.1, 0.15) is 5.60 Å². The van der Waals surface area contributed by atoms with E-state index in [1.54, 1.807) is 14.1 Å². The molecule has 74 valence electrons. The highest BCUT2D eigenvalue weighted by atomic mass is 16.6.